The van der Waals surface area contributed by atoms with Crippen LogP contribution in [0.25, 0.3) is 22.3 Å². The highest BCUT2D eigenvalue weighted by atomic mass is 19.4. The van der Waals surface area contributed by atoms with Crippen LogP contribution in [0.5, 0.6) is 5.75 Å². The lowest BCUT2D eigenvalue weighted by molar-refractivity contribution is -0.138. The number of carboxylic acid groups (broad SMARTS) is 1. The van der Waals surface area contributed by atoms with E-state index >= 15 is 0 Å². The minimum atomic E-state index is -4.64. The Bertz CT molecular complexity index is 1070. The molecule has 0 aliphatic heterocycles. The second-order valence-electron chi connectivity index (χ2n) is 6.66. The molecule has 0 spiro atoms. The molecule has 1 fully saturated rings. The van der Waals surface area contributed by atoms with E-state index in [1.807, 2.05) is 0 Å². The van der Waals surface area contributed by atoms with Crippen LogP contribution in [0.15, 0.2) is 30.3 Å². The maximum absolute atomic E-state index is 13.9. The van der Waals surface area contributed by atoms with E-state index in [1.54, 1.807) is 24.3 Å². The summed E-state index contributed by atoms with van der Waals surface area (Å²) in [6.07, 6.45) is -3.19. The Kier molecular flexibility index (Phi) is 4.24. The molecule has 2 aromatic heterocycles. The van der Waals surface area contributed by atoms with E-state index in [2.05, 4.69) is 10.1 Å². The van der Waals surface area contributed by atoms with Crippen LogP contribution in [0.2, 0.25) is 0 Å². The molecule has 146 valence electrons. The third-order valence-electron chi connectivity index (χ3n) is 4.67. The molecule has 1 aliphatic carbocycles. The van der Waals surface area contributed by atoms with Gasteiger partial charge >= 0.3 is 12.1 Å². The van der Waals surface area contributed by atoms with E-state index in [4.69, 9.17) is 9.84 Å². The van der Waals surface area contributed by atoms with E-state index in [1.165, 1.54) is 7.11 Å². The zero-order valence-electron chi connectivity index (χ0n) is 14.8. The van der Waals surface area contributed by atoms with Gasteiger partial charge in [-0.1, -0.05) is 12.1 Å². The van der Waals surface area contributed by atoms with Crippen LogP contribution in [0.4, 0.5) is 13.2 Å². The third-order valence-corrected chi connectivity index (χ3v) is 4.67. The number of carboxylic acids is 1. The number of alkyl halides is 3. The number of nitrogens with zero attached hydrogens (tertiary/aromatic N) is 3. The number of aromatic nitrogens is 3. The van der Waals surface area contributed by atoms with Crippen LogP contribution in [-0.4, -0.2) is 33.0 Å². The normalized spacial score (nSPS) is 14.4. The zero-order valence-corrected chi connectivity index (χ0v) is 14.8. The third kappa shape index (κ3) is 3.17. The fourth-order valence-corrected chi connectivity index (χ4v) is 3.30. The number of para-hydroxylation sites is 1. The molecule has 2 heterocycles. The monoisotopic (exact) mass is 391 g/mol. The number of methoxy groups -OCH3 is 1. The Morgan fingerprint density at radius 2 is 2.04 bits per heavy atom. The van der Waals surface area contributed by atoms with Crippen molar-refractivity contribution >= 4 is 17.0 Å². The summed E-state index contributed by atoms with van der Waals surface area (Å²) in [4.78, 5) is 15.6. The van der Waals surface area contributed by atoms with Crippen LogP contribution >= 0.6 is 0 Å². The zero-order chi connectivity index (χ0) is 20.1. The summed E-state index contributed by atoms with van der Waals surface area (Å²) in [5.74, 6) is -0.934. The highest BCUT2D eigenvalue weighted by Crippen LogP contribution is 2.46. The lowest BCUT2D eigenvalue weighted by Crippen LogP contribution is -2.12. The molecule has 0 bridgehead atoms. The lowest BCUT2D eigenvalue weighted by atomic mass is 10.0. The van der Waals surface area contributed by atoms with Crippen molar-refractivity contribution < 1.29 is 27.8 Å². The number of halogens is 3. The number of pyridine rings is 1. The average Bonchev–Trinajstić information content (AvgIpc) is 3.43. The van der Waals surface area contributed by atoms with E-state index < -0.39 is 24.3 Å². The Hall–Kier alpha value is -3.10. The fourth-order valence-electron chi connectivity index (χ4n) is 3.30. The smallest absolute Gasteiger partial charge is 0.417 e. The summed E-state index contributed by atoms with van der Waals surface area (Å²) in [6, 6.07) is 7.58. The van der Waals surface area contributed by atoms with Gasteiger partial charge in [0.25, 0.3) is 0 Å². The summed E-state index contributed by atoms with van der Waals surface area (Å²) in [7, 11) is 1.42. The molecular formula is C19H16F3N3O3. The molecule has 1 aliphatic rings. The summed E-state index contributed by atoms with van der Waals surface area (Å²) in [6.45, 7) is -0.567. The van der Waals surface area contributed by atoms with E-state index in [9.17, 15) is 18.0 Å². The van der Waals surface area contributed by atoms with E-state index in [0.29, 0.717) is 11.3 Å². The quantitative estimate of drug-likeness (QED) is 0.709. The van der Waals surface area contributed by atoms with Crippen LogP contribution in [0.3, 0.4) is 0 Å². The summed E-state index contributed by atoms with van der Waals surface area (Å²) in [5.41, 5.74) is -0.251. The number of benzene rings is 1. The van der Waals surface area contributed by atoms with Gasteiger partial charge < -0.3 is 9.84 Å². The molecule has 1 saturated carbocycles. The summed E-state index contributed by atoms with van der Waals surface area (Å²) < 4.78 is 48.0. The summed E-state index contributed by atoms with van der Waals surface area (Å²) in [5, 5.41) is 13.2. The van der Waals surface area contributed by atoms with Crippen LogP contribution in [-0.2, 0) is 17.5 Å². The highest BCUT2D eigenvalue weighted by Gasteiger charge is 2.39. The van der Waals surface area contributed by atoms with Crippen LogP contribution in [0.1, 0.15) is 30.0 Å². The first kappa shape index (κ1) is 18.3. The van der Waals surface area contributed by atoms with Crippen molar-refractivity contribution in [3.63, 3.8) is 0 Å². The van der Waals surface area contributed by atoms with Crippen molar-refractivity contribution in [3.8, 4) is 17.0 Å². The number of fused-ring (bicyclic) bond motifs is 1. The number of hydrogen-bond donors (Lipinski definition) is 1. The Morgan fingerprint density at radius 1 is 1.32 bits per heavy atom. The van der Waals surface area contributed by atoms with Crippen molar-refractivity contribution in [3.05, 3.63) is 41.6 Å². The maximum atomic E-state index is 13.9. The van der Waals surface area contributed by atoms with Crippen LogP contribution < -0.4 is 4.74 Å². The topological polar surface area (TPSA) is 77.2 Å². The van der Waals surface area contributed by atoms with Crippen molar-refractivity contribution in [2.45, 2.75) is 31.5 Å². The molecule has 28 heavy (non-hydrogen) atoms. The SMILES string of the molecule is COc1ccccc1-c1cc(C(F)(F)F)c2c(C3CC3)nn(CC(=O)O)c2n1. The van der Waals surface area contributed by atoms with Gasteiger partial charge in [0.1, 0.15) is 12.3 Å². The molecule has 0 atom stereocenters. The lowest BCUT2D eigenvalue weighted by Gasteiger charge is -2.13. The first-order valence-corrected chi connectivity index (χ1v) is 8.63. The molecule has 6 nitrogen and oxygen atoms in total. The highest BCUT2D eigenvalue weighted by molar-refractivity contribution is 5.88. The van der Waals surface area contributed by atoms with Gasteiger partial charge in [-0.3, -0.25) is 4.79 Å². The van der Waals surface area contributed by atoms with E-state index in [0.717, 1.165) is 23.6 Å². The van der Waals surface area contributed by atoms with Gasteiger partial charge in [0.2, 0.25) is 0 Å². The van der Waals surface area contributed by atoms with Gasteiger partial charge in [-0.15, -0.1) is 0 Å². The average molecular weight is 391 g/mol. The second kappa shape index (κ2) is 6.50. The Balaban J connectivity index is 2.05. The van der Waals surface area contributed by atoms with Gasteiger partial charge in [-0.25, -0.2) is 9.67 Å². The van der Waals surface area contributed by atoms with E-state index in [-0.39, 0.29) is 28.3 Å². The first-order chi connectivity index (χ1) is 13.3. The molecule has 0 radical (unpaired) electrons. The standard InChI is InChI=1S/C19H16F3N3O3/c1-28-14-5-3-2-4-11(14)13-8-12(19(20,21)22)16-17(10-6-7-10)24-25(9-15(26)27)18(16)23-13/h2-5,8,10H,6-7,9H2,1H3,(H,26,27). The van der Waals surface area contributed by atoms with Crippen molar-refractivity contribution in [1.29, 1.82) is 0 Å². The second-order valence-corrected chi connectivity index (χ2v) is 6.66. The molecule has 0 amide bonds. The van der Waals surface area contributed by atoms with Gasteiger partial charge in [0.15, 0.2) is 5.65 Å². The largest absolute Gasteiger partial charge is 0.496 e. The minimum Gasteiger partial charge on any atom is -0.496 e. The van der Waals surface area contributed by atoms with Crippen molar-refractivity contribution in [2.75, 3.05) is 7.11 Å². The Morgan fingerprint density at radius 3 is 2.64 bits per heavy atom. The number of aliphatic carboxylic acids is 1. The molecule has 1 aromatic carbocycles. The molecule has 1 N–H and O–H groups in total. The van der Waals surface area contributed by atoms with Crippen LogP contribution in [0, 0.1) is 0 Å². The molecule has 9 heteroatoms. The molecular weight excluding hydrogens is 375 g/mol. The molecule has 3 aromatic rings. The van der Waals surface area contributed by atoms with Gasteiger partial charge in [-0.2, -0.15) is 18.3 Å². The number of hydrogen-bond acceptors (Lipinski definition) is 4. The van der Waals surface area contributed by atoms with Gasteiger partial charge in [0.05, 0.1) is 29.4 Å². The fraction of sp³-hybridized carbons (Fsp3) is 0.316. The number of ether oxygens (including phenoxy) is 1. The number of carbonyl (C=O) groups is 1. The molecule has 0 unspecified atom stereocenters. The maximum Gasteiger partial charge on any atom is 0.417 e. The summed E-state index contributed by atoms with van der Waals surface area (Å²) >= 11 is 0. The van der Waals surface area contributed by atoms with Gasteiger partial charge in [0, 0.05) is 11.5 Å². The Labute approximate surface area is 157 Å². The predicted octanol–water partition coefficient (Wildman–Crippen LogP) is 4.09. The van der Waals surface area contributed by atoms with Gasteiger partial charge in [-0.05, 0) is 31.0 Å². The first-order valence-electron chi connectivity index (χ1n) is 8.63. The minimum absolute atomic E-state index is 0.0474. The number of rotatable bonds is 5. The molecule has 4 rings (SSSR count). The van der Waals surface area contributed by atoms with Crippen molar-refractivity contribution in [2.24, 2.45) is 0 Å². The predicted molar refractivity (Wildman–Crippen MR) is 94.1 cm³/mol. The molecule has 0 saturated heterocycles. The van der Waals surface area contributed by atoms with Crippen molar-refractivity contribution in [1.82, 2.24) is 14.8 Å².